The second-order valence-electron chi connectivity index (χ2n) is 2.66. The molecular weight excluding hydrogens is 160 g/mol. The van der Waals surface area contributed by atoms with Gasteiger partial charge < -0.3 is 10.5 Å². The third-order valence-electron chi connectivity index (χ3n) is 1.87. The number of ether oxygens (including phenoxy) is 1. The first kappa shape index (κ1) is 7.06. The summed E-state index contributed by atoms with van der Waals surface area (Å²) in [7, 11) is 0. The van der Waals surface area contributed by atoms with E-state index in [0.717, 1.165) is 19.6 Å². The molecule has 1 aliphatic heterocycles. The molecule has 1 aromatic heterocycles. The smallest absolute Gasteiger partial charge is 0.180 e. The zero-order valence-corrected chi connectivity index (χ0v) is 6.93. The number of hydrogen-bond acceptors (Lipinski definition) is 4. The Bertz CT molecular complexity index is 242. The molecule has 0 radical (unpaired) electrons. The summed E-state index contributed by atoms with van der Waals surface area (Å²) in [6.07, 6.45) is 2.97. The molecule has 0 unspecified atom stereocenters. The lowest BCUT2D eigenvalue weighted by Crippen LogP contribution is -1.93. The first-order chi connectivity index (χ1) is 5.36. The summed E-state index contributed by atoms with van der Waals surface area (Å²) in [5.41, 5.74) is 5.51. The van der Waals surface area contributed by atoms with E-state index in [-0.39, 0.29) is 0 Å². The van der Waals surface area contributed by atoms with Crippen LogP contribution in [-0.2, 0) is 4.74 Å². The number of hydrogen-bond donors (Lipinski definition) is 1. The maximum Gasteiger partial charge on any atom is 0.180 e. The van der Waals surface area contributed by atoms with Crippen molar-refractivity contribution in [2.75, 3.05) is 18.9 Å². The lowest BCUT2D eigenvalue weighted by molar-refractivity contribution is 0.194. The predicted octanol–water partition coefficient (Wildman–Crippen LogP) is 1.23. The molecule has 0 spiro atoms. The van der Waals surface area contributed by atoms with Crippen molar-refractivity contribution in [3.63, 3.8) is 0 Å². The Morgan fingerprint density at radius 3 is 3.18 bits per heavy atom. The highest BCUT2D eigenvalue weighted by atomic mass is 32.1. The molecular formula is C7H10N2OS. The van der Waals surface area contributed by atoms with E-state index in [4.69, 9.17) is 10.5 Å². The van der Waals surface area contributed by atoms with E-state index < -0.39 is 0 Å². The molecule has 0 bridgehead atoms. The topological polar surface area (TPSA) is 48.1 Å². The number of anilines is 1. The van der Waals surface area contributed by atoms with E-state index >= 15 is 0 Å². The molecule has 4 heteroatoms. The maximum absolute atomic E-state index is 5.51. The average molecular weight is 170 g/mol. The summed E-state index contributed by atoms with van der Waals surface area (Å²) < 4.78 is 5.26. The molecule has 11 heavy (non-hydrogen) atoms. The largest absolute Gasteiger partial charge is 0.381 e. The number of aromatic nitrogens is 1. The van der Waals surface area contributed by atoms with Crippen LogP contribution in [0.5, 0.6) is 0 Å². The molecule has 2 heterocycles. The van der Waals surface area contributed by atoms with Crippen LogP contribution in [0.1, 0.15) is 17.2 Å². The van der Waals surface area contributed by atoms with Gasteiger partial charge in [0.15, 0.2) is 5.13 Å². The van der Waals surface area contributed by atoms with Crippen LogP contribution in [0, 0.1) is 0 Å². The van der Waals surface area contributed by atoms with E-state index in [0.29, 0.717) is 11.0 Å². The summed E-state index contributed by atoms with van der Waals surface area (Å²) in [6, 6.07) is 0. The van der Waals surface area contributed by atoms with Crippen molar-refractivity contribution < 1.29 is 4.74 Å². The summed E-state index contributed by atoms with van der Waals surface area (Å²) in [6.45, 7) is 1.71. The van der Waals surface area contributed by atoms with Gasteiger partial charge in [0.1, 0.15) is 0 Å². The number of nitrogens with zero attached hydrogens (tertiary/aromatic N) is 1. The Balaban J connectivity index is 2.15. The zero-order chi connectivity index (χ0) is 7.68. The van der Waals surface area contributed by atoms with Crippen LogP contribution in [-0.4, -0.2) is 18.2 Å². The lowest BCUT2D eigenvalue weighted by atomic mass is 10.1. The Kier molecular flexibility index (Phi) is 1.79. The average Bonchev–Trinajstić information content (AvgIpc) is 2.55. The highest BCUT2D eigenvalue weighted by molar-refractivity contribution is 7.15. The fourth-order valence-corrected chi connectivity index (χ4v) is 2.05. The monoisotopic (exact) mass is 170 g/mol. The van der Waals surface area contributed by atoms with Crippen LogP contribution in [0.3, 0.4) is 0 Å². The van der Waals surface area contributed by atoms with Gasteiger partial charge in [-0.1, -0.05) is 0 Å². The Labute approximate surface area is 69.2 Å². The minimum Gasteiger partial charge on any atom is -0.381 e. The maximum atomic E-state index is 5.51. The molecule has 1 aliphatic rings. The van der Waals surface area contributed by atoms with Crippen molar-refractivity contribution in [2.24, 2.45) is 0 Å². The summed E-state index contributed by atoms with van der Waals surface area (Å²) in [4.78, 5) is 5.27. The molecule has 60 valence electrons. The van der Waals surface area contributed by atoms with Gasteiger partial charge in [-0.2, -0.15) is 0 Å². The lowest BCUT2D eigenvalue weighted by Gasteiger charge is -2.00. The highest BCUT2D eigenvalue weighted by Crippen LogP contribution is 2.30. The quantitative estimate of drug-likeness (QED) is 0.689. The summed E-state index contributed by atoms with van der Waals surface area (Å²) in [5, 5.41) is 0.659. The predicted molar refractivity (Wildman–Crippen MR) is 44.7 cm³/mol. The molecule has 2 N–H and O–H groups in total. The number of rotatable bonds is 1. The number of nitrogens with two attached hydrogens (primary N) is 1. The fraction of sp³-hybridized carbons (Fsp3) is 0.571. The standard InChI is InChI=1S/C7H10N2OS/c8-7-9-3-6(11-7)5-1-2-10-4-5/h3,5H,1-2,4H2,(H2,8,9)/t5-/m0/s1. The fourth-order valence-electron chi connectivity index (χ4n) is 1.25. The van der Waals surface area contributed by atoms with E-state index in [2.05, 4.69) is 4.98 Å². The van der Waals surface area contributed by atoms with Gasteiger partial charge >= 0.3 is 0 Å². The van der Waals surface area contributed by atoms with E-state index in [1.165, 1.54) is 4.88 Å². The van der Waals surface area contributed by atoms with Gasteiger partial charge in [-0.15, -0.1) is 11.3 Å². The molecule has 0 aliphatic carbocycles. The zero-order valence-electron chi connectivity index (χ0n) is 6.12. The highest BCUT2D eigenvalue weighted by Gasteiger charge is 2.19. The molecule has 1 fully saturated rings. The second-order valence-corrected chi connectivity index (χ2v) is 3.76. The van der Waals surface area contributed by atoms with Gasteiger partial charge in [0.25, 0.3) is 0 Å². The van der Waals surface area contributed by atoms with E-state index in [9.17, 15) is 0 Å². The molecule has 2 rings (SSSR count). The third kappa shape index (κ3) is 1.36. The van der Waals surface area contributed by atoms with Gasteiger partial charge in [-0.3, -0.25) is 0 Å². The molecule has 0 amide bonds. The summed E-state index contributed by atoms with van der Waals surface area (Å²) >= 11 is 1.57. The van der Waals surface area contributed by atoms with Gasteiger partial charge in [0.2, 0.25) is 0 Å². The van der Waals surface area contributed by atoms with Crippen molar-refractivity contribution >= 4 is 16.5 Å². The molecule has 1 atom stereocenters. The molecule has 3 nitrogen and oxygen atoms in total. The van der Waals surface area contributed by atoms with Crippen LogP contribution in [0.15, 0.2) is 6.20 Å². The van der Waals surface area contributed by atoms with E-state index in [1.807, 2.05) is 6.20 Å². The van der Waals surface area contributed by atoms with E-state index in [1.54, 1.807) is 11.3 Å². The van der Waals surface area contributed by atoms with Crippen molar-refractivity contribution in [1.29, 1.82) is 0 Å². The first-order valence-corrected chi connectivity index (χ1v) is 4.47. The minimum atomic E-state index is 0.546. The minimum absolute atomic E-state index is 0.546. The van der Waals surface area contributed by atoms with Gasteiger partial charge in [-0.25, -0.2) is 4.98 Å². The van der Waals surface area contributed by atoms with Gasteiger partial charge in [0, 0.05) is 23.6 Å². The normalized spacial score (nSPS) is 24.2. The number of nitrogen functional groups attached to an aromatic ring is 1. The first-order valence-electron chi connectivity index (χ1n) is 3.65. The molecule has 0 aromatic carbocycles. The molecule has 0 saturated carbocycles. The van der Waals surface area contributed by atoms with Crippen molar-refractivity contribution in [3.8, 4) is 0 Å². The van der Waals surface area contributed by atoms with Crippen molar-refractivity contribution in [3.05, 3.63) is 11.1 Å². The van der Waals surface area contributed by atoms with Crippen LogP contribution in [0.25, 0.3) is 0 Å². The van der Waals surface area contributed by atoms with Gasteiger partial charge in [0.05, 0.1) is 6.61 Å². The van der Waals surface area contributed by atoms with Crippen LogP contribution >= 0.6 is 11.3 Å². The van der Waals surface area contributed by atoms with Crippen LogP contribution < -0.4 is 5.73 Å². The van der Waals surface area contributed by atoms with Crippen molar-refractivity contribution in [2.45, 2.75) is 12.3 Å². The summed E-state index contributed by atoms with van der Waals surface area (Å²) in [5.74, 6) is 0.546. The number of thiazole rings is 1. The Morgan fingerprint density at radius 2 is 2.64 bits per heavy atom. The molecule has 1 saturated heterocycles. The van der Waals surface area contributed by atoms with Crippen molar-refractivity contribution in [1.82, 2.24) is 4.98 Å². The second kappa shape index (κ2) is 2.79. The van der Waals surface area contributed by atoms with Crippen LogP contribution in [0.2, 0.25) is 0 Å². The molecule has 1 aromatic rings. The van der Waals surface area contributed by atoms with Gasteiger partial charge in [-0.05, 0) is 6.42 Å². The Morgan fingerprint density at radius 1 is 1.73 bits per heavy atom. The van der Waals surface area contributed by atoms with Crippen LogP contribution in [0.4, 0.5) is 5.13 Å². The third-order valence-corrected chi connectivity index (χ3v) is 2.86. The Hall–Kier alpha value is -0.610. The SMILES string of the molecule is Nc1ncc([C@H]2CCOC2)s1.